The van der Waals surface area contributed by atoms with Gasteiger partial charge < -0.3 is 26.2 Å². The molecular formula is C33H34N4O5. The number of nitrogen functional groups attached to an aromatic ring is 1. The van der Waals surface area contributed by atoms with Crippen LogP contribution in [-0.4, -0.2) is 29.2 Å². The summed E-state index contributed by atoms with van der Waals surface area (Å²) in [6.07, 6.45) is 0. The number of nitrogens with two attached hydrogens (primary N) is 1. The van der Waals surface area contributed by atoms with Gasteiger partial charge >= 0.3 is 0 Å². The Morgan fingerprint density at radius 2 is 1.55 bits per heavy atom. The highest BCUT2D eigenvalue weighted by Crippen LogP contribution is 2.24. The SMILES string of the molecule is Cc1cccc(COc2cccc(C(C)NC(=O)C(C(=O)Nc3ccc(C(=N)N)cc3)c3ccccc3)c2)c1.O=CO. The van der Waals surface area contributed by atoms with E-state index in [4.69, 9.17) is 25.8 Å². The molecule has 9 heteroatoms. The number of aryl methyl sites for hydroxylation is 1. The minimum Gasteiger partial charge on any atom is -0.489 e. The van der Waals surface area contributed by atoms with Crippen LogP contribution in [0.25, 0.3) is 0 Å². The van der Waals surface area contributed by atoms with Crippen LogP contribution in [0.2, 0.25) is 0 Å². The molecule has 0 bridgehead atoms. The number of hydrogen-bond donors (Lipinski definition) is 5. The minimum absolute atomic E-state index is 0.0620. The molecule has 4 rings (SSSR count). The van der Waals surface area contributed by atoms with Gasteiger partial charge in [-0.1, -0.05) is 72.3 Å². The molecule has 0 heterocycles. The summed E-state index contributed by atoms with van der Waals surface area (Å²) in [6, 6.07) is 30.9. The molecule has 2 unspecified atom stereocenters. The monoisotopic (exact) mass is 566 g/mol. The average Bonchev–Trinajstić information content (AvgIpc) is 2.97. The van der Waals surface area contributed by atoms with Gasteiger partial charge in [-0.2, -0.15) is 0 Å². The number of rotatable bonds is 10. The van der Waals surface area contributed by atoms with Gasteiger partial charge in [0.2, 0.25) is 11.8 Å². The summed E-state index contributed by atoms with van der Waals surface area (Å²) < 4.78 is 5.99. The predicted molar refractivity (Wildman–Crippen MR) is 162 cm³/mol. The van der Waals surface area contributed by atoms with Gasteiger partial charge in [0.1, 0.15) is 24.1 Å². The Kier molecular flexibility index (Phi) is 11.4. The number of ether oxygens (including phenoxy) is 1. The molecule has 0 aliphatic rings. The zero-order valence-electron chi connectivity index (χ0n) is 23.4. The van der Waals surface area contributed by atoms with Crippen LogP contribution in [0.1, 0.15) is 46.7 Å². The van der Waals surface area contributed by atoms with E-state index in [1.54, 1.807) is 48.5 Å². The molecule has 4 aromatic carbocycles. The molecule has 0 saturated carbocycles. The van der Waals surface area contributed by atoms with E-state index in [1.807, 2.05) is 62.4 Å². The number of carbonyl (C=O) groups is 3. The van der Waals surface area contributed by atoms with Crippen LogP contribution in [0.15, 0.2) is 103 Å². The van der Waals surface area contributed by atoms with Gasteiger partial charge in [0.25, 0.3) is 6.47 Å². The van der Waals surface area contributed by atoms with Crippen LogP contribution < -0.4 is 21.1 Å². The lowest BCUT2D eigenvalue weighted by atomic mass is 9.96. The number of hydrogen-bond acceptors (Lipinski definition) is 5. The normalized spacial score (nSPS) is 11.6. The van der Waals surface area contributed by atoms with Gasteiger partial charge in [-0.05, 0) is 66.9 Å². The summed E-state index contributed by atoms with van der Waals surface area (Å²) >= 11 is 0. The number of nitrogens with one attached hydrogen (secondary N) is 3. The third-order valence-electron chi connectivity index (χ3n) is 6.33. The van der Waals surface area contributed by atoms with Crippen molar-refractivity contribution in [3.8, 4) is 5.75 Å². The number of amidine groups is 1. The lowest BCUT2D eigenvalue weighted by molar-refractivity contribution is -0.129. The molecule has 4 aromatic rings. The molecule has 0 radical (unpaired) electrons. The molecule has 6 N–H and O–H groups in total. The Bertz CT molecular complexity index is 1510. The van der Waals surface area contributed by atoms with Crippen molar-refractivity contribution in [2.45, 2.75) is 32.4 Å². The topological polar surface area (TPSA) is 155 Å². The highest BCUT2D eigenvalue weighted by molar-refractivity contribution is 6.11. The zero-order valence-corrected chi connectivity index (χ0v) is 23.4. The fraction of sp³-hybridized carbons (Fsp3) is 0.152. The minimum atomic E-state index is -1.07. The van der Waals surface area contributed by atoms with E-state index in [-0.39, 0.29) is 18.3 Å². The average molecular weight is 567 g/mol. The first-order valence-corrected chi connectivity index (χ1v) is 13.2. The van der Waals surface area contributed by atoms with Crippen molar-refractivity contribution in [2.24, 2.45) is 5.73 Å². The first-order valence-electron chi connectivity index (χ1n) is 13.2. The molecule has 216 valence electrons. The van der Waals surface area contributed by atoms with Crippen molar-refractivity contribution in [1.82, 2.24) is 5.32 Å². The van der Waals surface area contributed by atoms with Crippen LogP contribution in [0, 0.1) is 12.3 Å². The van der Waals surface area contributed by atoms with E-state index in [2.05, 4.69) is 16.7 Å². The van der Waals surface area contributed by atoms with Crippen molar-refractivity contribution < 1.29 is 24.2 Å². The summed E-state index contributed by atoms with van der Waals surface area (Å²) in [4.78, 5) is 35.2. The molecule has 0 fully saturated rings. The summed E-state index contributed by atoms with van der Waals surface area (Å²) in [5.41, 5.74) is 10.3. The summed E-state index contributed by atoms with van der Waals surface area (Å²) in [5, 5.41) is 20.2. The Morgan fingerprint density at radius 1 is 0.905 bits per heavy atom. The maximum Gasteiger partial charge on any atom is 0.290 e. The largest absolute Gasteiger partial charge is 0.489 e. The van der Waals surface area contributed by atoms with Crippen LogP contribution in [-0.2, 0) is 21.0 Å². The summed E-state index contributed by atoms with van der Waals surface area (Å²) in [7, 11) is 0. The Balaban J connectivity index is 0.00000155. The quantitative estimate of drug-likeness (QED) is 0.0773. The Hall–Kier alpha value is -5.44. The molecule has 0 aliphatic carbocycles. The van der Waals surface area contributed by atoms with Crippen LogP contribution in [0.3, 0.4) is 0 Å². The van der Waals surface area contributed by atoms with Gasteiger partial charge in [0.05, 0.1) is 6.04 Å². The number of amides is 2. The van der Waals surface area contributed by atoms with Crippen molar-refractivity contribution >= 4 is 29.8 Å². The van der Waals surface area contributed by atoms with Crippen molar-refractivity contribution in [2.75, 3.05) is 5.32 Å². The summed E-state index contributed by atoms with van der Waals surface area (Å²) in [6.45, 7) is 4.11. The fourth-order valence-electron chi connectivity index (χ4n) is 4.24. The van der Waals surface area contributed by atoms with E-state index in [0.717, 1.165) is 11.1 Å². The zero-order chi connectivity index (χ0) is 30.5. The van der Waals surface area contributed by atoms with Crippen LogP contribution in [0.4, 0.5) is 5.69 Å². The lowest BCUT2D eigenvalue weighted by Gasteiger charge is -2.21. The molecule has 42 heavy (non-hydrogen) atoms. The molecule has 0 aromatic heterocycles. The van der Waals surface area contributed by atoms with Crippen molar-refractivity contribution in [1.29, 1.82) is 5.41 Å². The Labute approximate surface area is 244 Å². The number of anilines is 1. The second-order valence-corrected chi connectivity index (χ2v) is 9.51. The van der Waals surface area contributed by atoms with Gasteiger partial charge in [-0.15, -0.1) is 0 Å². The maximum absolute atomic E-state index is 13.5. The molecule has 0 saturated heterocycles. The number of carbonyl (C=O) groups excluding carboxylic acids is 2. The molecule has 9 nitrogen and oxygen atoms in total. The third kappa shape index (κ3) is 9.06. The lowest BCUT2D eigenvalue weighted by Crippen LogP contribution is -2.37. The number of carboxylic acid groups (broad SMARTS) is 1. The predicted octanol–water partition coefficient (Wildman–Crippen LogP) is 5.16. The third-order valence-corrected chi connectivity index (χ3v) is 6.33. The fourth-order valence-corrected chi connectivity index (χ4v) is 4.24. The van der Waals surface area contributed by atoms with E-state index in [1.165, 1.54) is 5.56 Å². The van der Waals surface area contributed by atoms with Crippen molar-refractivity contribution in [3.05, 3.63) is 131 Å². The second-order valence-electron chi connectivity index (χ2n) is 9.51. The number of benzene rings is 4. The van der Waals surface area contributed by atoms with E-state index in [9.17, 15) is 9.59 Å². The molecule has 2 amide bonds. The van der Waals surface area contributed by atoms with E-state index in [0.29, 0.717) is 29.2 Å². The Morgan fingerprint density at radius 3 is 2.19 bits per heavy atom. The van der Waals surface area contributed by atoms with Gasteiger partial charge in [0, 0.05) is 11.3 Å². The van der Waals surface area contributed by atoms with E-state index >= 15 is 0 Å². The van der Waals surface area contributed by atoms with Gasteiger partial charge in [-0.25, -0.2) is 0 Å². The van der Waals surface area contributed by atoms with Crippen LogP contribution >= 0.6 is 0 Å². The molecule has 0 aliphatic heterocycles. The van der Waals surface area contributed by atoms with Gasteiger partial charge in [-0.3, -0.25) is 19.8 Å². The standard InChI is InChI=1S/C32H32N4O3.CH2O2/c1-21-8-6-9-23(18-21)20-39-28-13-7-12-26(19-28)22(2)35-31(37)29(24-10-4-3-5-11-24)32(38)36-27-16-14-25(15-17-27)30(33)34;2-1-3/h3-19,22,29H,20H2,1-2H3,(H3,33,34)(H,35,37)(H,36,38);1H,(H,2,3). The second kappa shape index (κ2) is 15.4. The summed E-state index contributed by atoms with van der Waals surface area (Å²) in [5.74, 6) is -1.31. The molecule has 2 atom stereocenters. The first kappa shape index (κ1) is 31.1. The maximum atomic E-state index is 13.5. The highest BCUT2D eigenvalue weighted by Gasteiger charge is 2.29. The molecule has 0 spiro atoms. The van der Waals surface area contributed by atoms with Gasteiger partial charge in [0.15, 0.2) is 0 Å². The highest BCUT2D eigenvalue weighted by atomic mass is 16.5. The van der Waals surface area contributed by atoms with Crippen molar-refractivity contribution in [3.63, 3.8) is 0 Å². The smallest absolute Gasteiger partial charge is 0.290 e. The first-order chi connectivity index (χ1) is 20.2. The molecular weight excluding hydrogens is 532 g/mol. The van der Waals surface area contributed by atoms with Crippen LogP contribution in [0.5, 0.6) is 5.75 Å². The van der Waals surface area contributed by atoms with E-state index < -0.39 is 17.7 Å².